The van der Waals surface area contributed by atoms with Crippen molar-refractivity contribution in [2.75, 3.05) is 0 Å². The molecule has 1 heterocycles. The number of carbonyl (C=O) groups excluding carboxylic acids is 4. The first-order chi connectivity index (χ1) is 8.33. The summed E-state index contributed by atoms with van der Waals surface area (Å²) in [5.74, 6) is -4.95. The van der Waals surface area contributed by atoms with Gasteiger partial charge in [-0.3, -0.25) is 9.59 Å². The minimum Gasteiger partial charge on any atom is -0.415 e. The first kappa shape index (κ1) is 13.6. The highest BCUT2D eigenvalue weighted by atomic mass is 16.7. The van der Waals surface area contributed by atoms with Crippen LogP contribution in [0.5, 0.6) is 0 Å². The van der Waals surface area contributed by atoms with Gasteiger partial charge < -0.3 is 14.2 Å². The summed E-state index contributed by atoms with van der Waals surface area (Å²) >= 11 is 0. The van der Waals surface area contributed by atoms with E-state index in [2.05, 4.69) is 4.74 Å². The normalized spacial score (nSPS) is 21.8. The molecule has 0 spiro atoms. The standard InChI is InChI=1S/C11H10O7/c1-7(12)16-9(14)3-5-11(17-8(2)13)6-4-10(15)18-11/h3-6H,1-2H3/b5-3-. The van der Waals surface area contributed by atoms with Crippen LogP contribution in [0.1, 0.15) is 13.8 Å². The van der Waals surface area contributed by atoms with Crippen molar-refractivity contribution in [3.63, 3.8) is 0 Å². The number of ether oxygens (including phenoxy) is 3. The fourth-order valence-electron chi connectivity index (χ4n) is 1.17. The highest BCUT2D eigenvalue weighted by molar-refractivity contribution is 5.92. The Balaban J connectivity index is 2.80. The van der Waals surface area contributed by atoms with E-state index in [1.807, 2.05) is 0 Å². The van der Waals surface area contributed by atoms with Gasteiger partial charge in [0.05, 0.1) is 0 Å². The summed E-state index contributed by atoms with van der Waals surface area (Å²) in [6.45, 7) is 2.17. The van der Waals surface area contributed by atoms with E-state index in [0.717, 1.165) is 38.2 Å². The van der Waals surface area contributed by atoms with Crippen LogP contribution >= 0.6 is 0 Å². The first-order valence-electron chi connectivity index (χ1n) is 4.86. The molecule has 96 valence electrons. The molecule has 1 unspecified atom stereocenters. The lowest BCUT2D eigenvalue weighted by molar-refractivity contribution is -0.189. The second-order valence-electron chi connectivity index (χ2n) is 3.32. The Morgan fingerprint density at radius 3 is 2.39 bits per heavy atom. The van der Waals surface area contributed by atoms with Crippen LogP contribution in [0.15, 0.2) is 24.3 Å². The molecule has 0 aliphatic carbocycles. The molecule has 0 aromatic rings. The smallest absolute Gasteiger partial charge is 0.338 e. The van der Waals surface area contributed by atoms with Crippen LogP contribution in [-0.2, 0) is 33.4 Å². The van der Waals surface area contributed by atoms with Gasteiger partial charge in [0.15, 0.2) is 0 Å². The van der Waals surface area contributed by atoms with Gasteiger partial charge in [-0.2, -0.15) is 0 Å². The van der Waals surface area contributed by atoms with Gasteiger partial charge in [0, 0.05) is 38.2 Å². The fourth-order valence-corrected chi connectivity index (χ4v) is 1.17. The lowest BCUT2D eigenvalue weighted by Crippen LogP contribution is -2.31. The third-order valence-electron chi connectivity index (χ3n) is 1.71. The van der Waals surface area contributed by atoms with Gasteiger partial charge in [-0.1, -0.05) is 0 Å². The van der Waals surface area contributed by atoms with E-state index in [-0.39, 0.29) is 0 Å². The third-order valence-corrected chi connectivity index (χ3v) is 1.71. The summed E-state index contributed by atoms with van der Waals surface area (Å²) in [6, 6.07) is 0. The summed E-state index contributed by atoms with van der Waals surface area (Å²) in [5, 5.41) is 0. The summed E-state index contributed by atoms with van der Waals surface area (Å²) in [5.41, 5.74) is 0. The SMILES string of the molecule is CC(=O)OC(=O)/C=C\C1(OC(C)=O)C=CC(=O)O1. The van der Waals surface area contributed by atoms with E-state index in [1.165, 1.54) is 0 Å². The van der Waals surface area contributed by atoms with Gasteiger partial charge in [0.2, 0.25) is 0 Å². The van der Waals surface area contributed by atoms with E-state index in [0.29, 0.717) is 0 Å². The van der Waals surface area contributed by atoms with Crippen molar-refractivity contribution in [1.82, 2.24) is 0 Å². The summed E-state index contributed by atoms with van der Waals surface area (Å²) in [7, 11) is 0. The lowest BCUT2D eigenvalue weighted by Gasteiger charge is -2.21. The topological polar surface area (TPSA) is 96.0 Å². The first-order valence-corrected chi connectivity index (χ1v) is 4.86. The van der Waals surface area contributed by atoms with Gasteiger partial charge >= 0.3 is 23.9 Å². The molecule has 7 nitrogen and oxygen atoms in total. The van der Waals surface area contributed by atoms with Crippen LogP contribution in [0.2, 0.25) is 0 Å². The van der Waals surface area contributed by atoms with Gasteiger partial charge in [-0.15, -0.1) is 0 Å². The molecule has 1 aliphatic rings. The van der Waals surface area contributed by atoms with Crippen molar-refractivity contribution >= 4 is 23.9 Å². The zero-order valence-electron chi connectivity index (χ0n) is 9.67. The molecular formula is C11H10O7. The summed E-state index contributed by atoms with van der Waals surface area (Å²) in [6.07, 6.45) is 4.03. The van der Waals surface area contributed by atoms with Crippen LogP contribution in [0.4, 0.5) is 0 Å². The van der Waals surface area contributed by atoms with E-state index < -0.39 is 29.7 Å². The Morgan fingerprint density at radius 2 is 1.94 bits per heavy atom. The van der Waals surface area contributed by atoms with E-state index in [4.69, 9.17) is 9.47 Å². The molecule has 0 N–H and O–H groups in total. The fraction of sp³-hybridized carbons (Fsp3) is 0.273. The van der Waals surface area contributed by atoms with Crippen molar-refractivity contribution in [2.24, 2.45) is 0 Å². The van der Waals surface area contributed by atoms with Crippen molar-refractivity contribution in [1.29, 1.82) is 0 Å². The molecule has 0 amide bonds. The Kier molecular flexibility index (Phi) is 3.98. The van der Waals surface area contributed by atoms with Crippen molar-refractivity contribution in [3.8, 4) is 0 Å². The quantitative estimate of drug-likeness (QED) is 0.397. The van der Waals surface area contributed by atoms with Crippen molar-refractivity contribution in [2.45, 2.75) is 19.6 Å². The molecule has 1 aliphatic heterocycles. The number of esters is 4. The summed E-state index contributed by atoms with van der Waals surface area (Å²) < 4.78 is 13.7. The zero-order valence-corrected chi connectivity index (χ0v) is 9.67. The summed E-state index contributed by atoms with van der Waals surface area (Å²) in [4.78, 5) is 43.4. The molecule has 0 aromatic carbocycles. The van der Waals surface area contributed by atoms with Gasteiger partial charge in [-0.25, -0.2) is 9.59 Å². The predicted molar refractivity (Wildman–Crippen MR) is 55.6 cm³/mol. The minimum atomic E-state index is -1.77. The Hall–Kier alpha value is -2.44. The van der Waals surface area contributed by atoms with Gasteiger partial charge in [0.25, 0.3) is 5.79 Å². The lowest BCUT2D eigenvalue weighted by atomic mass is 10.2. The molecule has 0 saturated carbocycles. The molecular weight excluding hydrogens is 244 g/mol. The highest BCUT2D eigenvalue weighted by Gasteiger charge is 2.36. The van der Waals surface area contributed by atoms with Gasteiger partial charge in [-0.05, 0) is 0 Å². The number of hydrogen-bond acceptors (Lipinski definition) is 7. The van der Waals surface area contributed by atoms with Crippen LogP contribution in [0, 0.1) is 0 Å². The maximum atomic E-state index is 11.1. The second kappa shape index (κ2) is 5.26. The van der Waals surface area contributed by atoms with Crippen LogP contribution < -0.4 is 0 Å². The maximum Gasteiger partial charge on any atom is 0.338 e. The van der Waals surface area contributed by atoms with Crippen LogP contribution in [0.3, 0.4) is 0 Å². The van der Waals surface area contributed by atoms with E-state index in [9.17, 15) is 19.2 Å². The number of carbonyl (C=O) groups is 4. The minimum absolute atomic E-state index is 0.709. The van der Waals surface area contributed by atoms with Crippen LogP contribution in [0.25, 0.3) is 0 Å². The molecule has 0 bridgehead atoms. The molecule has 7 heteroatoms. The average molecular weight is 254 g/mol. The molecule has 1 rings (SSSR count). The zero-order chi connectivity index (χ0) is 13.8. The maximum absolute atomic E-state index is 11.1. The Morgan fingerprint density at radius 1 is 1.28 bits per heavy atom. The largest absolute Gasteiger partial charge is 0.415 e. The van der Waals surface area contributed by atoms with Gasteiger partial charge in [0.1, 0.15) is 0 Å². The Bertz CT molecular complexity index is 460. The molecule has 18 heavy (non-hydrogen) atoms. The monoisotopic (exact) mass is 254 g/mol. The highest BCUT2D eigenvalue weighted by Crippen LogP contribution is 2.23. The number of hydrogen-bond donors (Lipinski definition) is 0. The average Bonchev–Trinajstić information content (AvgIpc) is 2.56. The second-order valence-corrected chi connectivity index (χ2v) is 3.32. The van der Waals surface area contributed by atoms with Crippen molar-refractivity contribution in [3.05, 3.63) is 24.3 Å². The molecule has 0 aromatic heterocycles. The van der Waals surface area contributed by atoms with Crippen molar-refractivity contribution < 1.29 is 33.4 Å². The van der Waals surface area contributed by atoms with Crippen LogP contribution in [-0.4, -0.2) is 29.7 Å². The number of cyclic esters (lactones) is 1. The third kappa shape index (κ3) is 3.85. The molecule has 0 fully saturated rings. The Labute approximate surface area is 102 Å². The molecule has 0 saturated heterocycles. The van der Waals surface area contributed by atoms with E-state index >= 15 is 0 Å². The van der Waals surface area contributed by atoms with E-state index in [1.54, 1.807) is 0 Å². The number of rotatable bonds is 3. The molecule has 0 radical (unpaired) electrons. The molecule has 1 atom stereocenters. The predicted octanol–water partition coefficient (Wildman–Crippen LogP) is 0.00470.